The fourth-order valence-electron chi connectivity index (χ4n) is 1.78. The van der Waals surface area contributed by atoms with E-state index in [9.17, 15) is 4.79 Å². The molecular formula is C12H15NO2. The maximum absolute atomic E-state index is 12.0. The lowest BCUT2D eigenvalue weighted by Crippen LogP contribution is -2.07. The summed E-state index contributed by atoms with van der Waals surface area (Å²) in [7, 11) is 1.58. The van der Waals surface area contributed by atoms with Crippen LogP contribution in [0, 0.1) is 11.3 Å². The Morgan fingerprint density at radius 2 is 2.20 bits per heavy atom. The molecule has 0 aliphatic heterocycles. The summed E-state index contributed by atoms with van der Waals surface area (Å²) in [6.45, 7) is 4.23. The monoisotopic (exact) mass is 205 g/mol. The molecule has 0 N–H and O–H groups in total. The van der Waals surface area contributed by atoms with Gasteiger partial charge in [0.1, 0.15) is 5.75 Å². The van der Waals surface area contributed by atoms with Crippen molar-refractivity contribution >= 4 is 5.78 Å². The smallest absolute Gasteiger partial charge is 0.168 e. The first-order valence-corrected chi connectivity index (χ1v) is 5.08. The van der Waals surface area contributed by atoms with Crippen LogP contribution in [0.1, 0.15) is 30.6 Å². The normalized spacial score (nSPS) is 22.2. The second-order valence-corrected chi connectivity index (χ2v) is 4.72. The van der Waals surface area contributed by atoms with E-state index in [1.807, 2.05) is 0 Å². The van der Waals surface area contributed by atoms with E-state index >= 15 is 0 Å². The summed E-state index contributed by atoms with van der Waals surface area (Å²) in [6, 6.07) is 1.75. The van der Waals surface area contributed by atoms with Crippen molar-refractivity contribution in [3.05, 3.63) is 24.0 Å². The van der Waals surface area contributed by atoms with Crippen molar-refractivity contribution < 1.29 is 9.53 Å². The van der Waals surface area contributed by atoms with E-state index in [1.54, 1.807) is 25.6 Å². The molecule has 1 atom stereocenters. The van der Waals surface area contributed by atoms with Gasteiger partial charge in [0.2, 0.25) is 0 Å². The molecule has 1 aliphatic rings. The highest BCUT2D eigenvalue weighted by atomic mass is 16.5. The minimum Gasteiger partial charge on any atom is -0.495 e. The second-order valence-electron chi connectivity index (χ2n) is 4.72. The zero-order chi connectivity index (χ0) is 11.1. The topological polar surface area (TPSA) is 39.2 Å². The van der Waals surface area contributed by atoms with Crippen molar-refractivity contribution in [1.29, 1.82) is 0 Å². The molecule has 0 saturated heterocycles. The maximum atomic E-state index is 12.0. The molecule has 1 aromatic heterocycles. The predicted molar refractivity (Wildman–Crippen MR) is 57.0 cm³/mol. The Bertz CT molecular complexity index is 398. The van der Waals surface area contributed by atoms with Gasteiger partial charge < -0.3 is 4.74 Å². The van der Waals surface area contributed by atoms with Crippen molar-refractivity contribution in [2.45, 2.75) is 20.3 Å². The third-order valence-electron chi connectivity index (χ3n) is 3.06. The minimum atomic E-state index is 0.159. The zero-order valence-electron chi connectivity index (χ0n) is 9.28. The lowest BCUT2D eigenvalue weighted by molar-refractivity contribution is 0.0952. The van der Waals surface area contributed by atoms with Crippen molar-refractivity contribution in [3.8, 4) is 5.75 Å². The van der Waals surface area contributed by atoms with Gasteiger partial charge in [-0.25, -0.2) is 0 Å². The van der Waals surface area contributed by atoms with E-state index < -0.39 is 0 Å². The number of carbonyl (C=O) groups is 1. The van der Waals surface area contributed by atoms with E-state index in [1.165, 1.54) is 0 Å². The van der Waals surface area contributed by atoms with Gasteiger partial charge >= 0.3 is 0 Å². The number of rotatable bonds is 3. The largest absolute Gasteiger partial charge is 0.495 e. The van der Waals surface area contributed by atoms with Gasteiger partial charge in [-0.2, -0.15) is 0 Å². The first kappa shape index (κ1) is 10.1. The van der Waals surface area contributed by atoms with Gasteiger partial charge in [0, 0.05) is 17.7 Å². The van der Waals surface area contributed by atoms with Crippen LogP contribution >= 0.6 is 0 Å². The molecule has 0 spiro atoms. The molecule has 0 bridgehead atoms. The average Bonchev–Trinajstić information content (AvgIpc) is 2.87. The Morgan fingerprint density at radius 1 is 1.53 bits per heavy atom. The van der Waals surface area contributed by atoms with E-state index in [2.05, 4.69) is 18.8 Å². The summed E-state index contributed by atoms with van der Waals surface area (Å²) in [5.74, 6) is 0.983. The highest BCUT2D eigenvalue weighted by Crippen LogP contribution is 2.53. The van der Waals surface area contributed by atoms with E-state index in [-0.39, 0.29) is 17.1 Å². The molecule has 0 amide bonds. The molecule has 2 rings (SSSR count). The third kappa shape index (κ3) is 1.87. The van der Waals surface area contributed by atoms with Crippen LogP contribution in [-0.2, 0) is 0 Å². The van der Waals surface area contributed by atoms with Gasteiger partial charge in [0.15, 0.2) is 5.78 Å². The molecule has 1 aromatic rings. The molecule has 1 heterocycles. The Kier molecular flexibility index (Phi) is 2.25. The lowest BCUT2D eigenvalue weighted by Gasteiger charge is -2.04. The first-order valence-electron chi connectivity index (χ1n) is 5.08. The molecule has 3 nitrogen and oxygen atoms in total. The fraction of sp³-hybridized carbons (Fsp3) is 0.500. The van der Waals surface area contributed by atoms with Gasteiger partial charge in [-0.3, -0.25) is 9.78 Å². The van der Waals surface area contributed by atoms with Gasteiger partial charge in [0.05, 0.1) is 13.3 Å². The molecule has 3 heteroatoms. The van der Waals surface area contributed by atoms with Crippen molar-refractivity contribution in [2.24, 2.45) is 11.3 Å². The van der Waals surface area contributed by atoms with E-state index in [0.29, 0.717) is 11.3 Å². The van der Waals surface area contributed by atoms with Crippen molar-refractivity contribution in [3.63, 3.8) is 0 Å². The van der Waals surface area contributed by atoms with Crippen LogP contribution in [0.4, 0.5) is 0 Å². The number of pyridine rings is 1. The van der Waals surface area contributed by atoms with Crippen LogP contribution in [0.5, 0.6) is 5.75 Å². The number of hydrogen-bond donors (Lipinski definition) is 0. The molecule has 80 valence electrons. The predicted octanol–water partition coefficient (Wildman–Crippen LogP) is 2.32. The SMILES string of the molecule is COc1cncc(C(=O)C2CC2(C)C)c1. The lowest BCUT2D eigenvalue weighted by atomic mass is 10.0. The van der Waals surface area contributed by atoms with E-state index in [0.717, 1.165) is 6.42 Å². The van der Waals surface area contributed by atoms with Crippen molar-refractivity contribution in [1.82, 2.24) is 4.98 Å². The highest BCUT2D eigenvalue weighted by molar-refractivity contribution is 6.00. The number of methoxy groups -OCH3 is 1. The minimum absolute atomic E-state index is 0.159. The zero-order valence-corrected chi connectivity index (χ0v) is 9.28. The highest BCUT2D eigenvalue weighted by Gasteiger charge is 2.50. The summed E-state index contributed by atoms with van der Waals surface area (Å²) in [5.41, 5.74) is 0.824. The van der Waals surface area contributed by atoms with Gasteiger partial charge in [-0.1, -0.05) is 13.8 Å². The van der Waals surface area contributed by atoms with Crippen LogP contribution < -0.4 is 4.74 Å². The molecule has 0 radical (unpaired) electrons. The van der Waals surface area contributed by atoms with Crippen LogP contribution in [0.3, 0.4) is 0 Å². The van der Waals surface area contributed by atoms with Crippen molar-refractivity contribution in [2.75, 3.05) is 7.11 Å². The van der Waals surface area contributed by atoms with Crippen LogP contribution in [0.25, 0.3) is 0 Å². The Labute approximate surface area is 89.5 Å². The molecule has 1 saturated carbocycles. The van der Waals surface area contributed by atoms with Gasteiger partial charge in [0.25, 0.3) is 0 Å². The second kappa shape index (κ2) is 3.33. The molecule has 0 aromatic carbocycles. The Balaban J connectivity index is 2.19. The number of ether oxygens (including phenoxy) is 1. The van der Waals surface area contributed by atoms with Gasteiger partial charge in [-0.05, 0) is 17.9 Å². The molecule has 1 unspecified atom stereocenters. The fourth-order valence-corrected chi connectivity index (χ4v) is 1.78. The summed E-state index contributed by atoms with van der Waals surface area (Å²) >= 11 is 0. The van der Waals surface area contributed by atoms with E-state index in [4.69, 9.17) is 4.74 Å². The number of hydrogen-bond acceptors (Lipinski definition) is 3. The molecular weight excluding hydrogens is 190 g/mol. The summed E-state index contributed by atoms with van der Waals surface area (Å²) in [4.78, 5) is 16.0. The third-order valence-corrected chi connectivity index (χ3v) is 3.06. The quantitative estimate of drug-likeness (QED) is 0.711. The summed E-state index contributed by atoms with van der Waals surface area (Å²) in [6.07, 6.45) is 4.19. The summed E-state index contributed by atoms with van der Waals surface area (Å²) < 4.78 is 5.04. The number of ketones is 1. The average molecular weight is 205 g/mol. The molecule has 15 heavy (non-hydrogen) atoms. The number of aromatic nitrogens is 1. The maximum Gasteiger partial charge on any atom is 0.168 e. The van der Waals surface area contributed by atoms with Crippen LogP contribution in [0.2, 0.25) is 0 Å². The Hall–Kier alpha value is -1.38. The number of nitrogens with zero attached hydrogens (tertiary/aromatic N) is 1. The molecule has 1 fully saturated rings. The summed E-state index contributed by atoms with van der Waals surface area (Å²) in [5, 5.41) is 0. The van der Waals surface area contributed by atoms with Crippen LogP contribution in [-0.4, -0.2) is 17.9 Å². The van der Waals surface area contributed by atoms with Crippen LogP contribution in [0.15, 0.2) is 18.5 Å². The number of Topliss-reactive ketones (excluding diaryl/α,β-unsaturated/α-hetero) is 1. The Morgan fingerprint density at radius 3 is 2.73 bits per heavy atom. The first-order chi connectivity index (χ1) is 7.04. The number of carbonyl (C=O) groups excluding carboxylic acids is 1. The standard InChI is InChI=1S/C12H15NO2/c1-12(2)5-10(12)11(14)8-4-9(15-3)7-13-6-8/h4,6-7,10H,5H2,1-3H3. The van der Waals surface area contributed by atoms with Gasteiger partial charge in [-0.15, -0.1) is 0 Å². The molecule has 1 aliphatic carbocycles.